The number of fused-ring (bicyclic) bond motifs is 1. The lowest BCUT2D eigenvalue weighted by molar-refractivity contribution is 0.108. The third-order valence-corrected chi connectivity index (χ3v) is 7.37. The van der Waals surface area contributed by atoms with Crippen molar-refractivity contribution in [2.24, 2.45) is 0 Å². The van der Waals surface area contributed by atoms with Crippen LogP contribution < -0.4 is 11.3 Å². The maximum Gasteiger partial charge on any atom is 0.280 e. The number of benzene rings is 2. The molecule has 194 valence electrons. The number of rotatable bonds is 13. The molecule has 2 aromatic carbocycles. The van der Waals surface area contributed by atoms with Gasteiger partial charge in [0.2, 0.25) is 11.1 Å². The van der Waals surface area contributed by atoms with Gasteiger partial charge in [0.15, 0.2) is 19.5 Å². The lowest BCUT2D eigenvalue weighted by Gasteiger charge is -2.18. The number of nitrogens with one attached hydrogen (secondary N) is 1. The minimum absolute atomic E-state index is 0.00928. The molecule has 0 aliphatic heterocycles. The fraction of sp³-hybridized carbons (Fsp3) is 0.280. The molecule has 37 heavy (non-hydrogen) atoms. The molecule has 10 nitrogen and oxygen atoms in total. The van der Waals surface area contributed by atoms with E-state index in [9.17, 15) is 9.59 Å². The molecule has 0 fully saturated rings. The minimum Gasteiger partial charge on any atom is -0.370 e. The van der Waals surface area contributed by atoms with Crippen molar-refractivity contribution in [3.63, 3.8) is 0 Å². The van der Waals surface area contributed by atoms with Crippen LogP contribution in [0.4, 0.5) is 5.95 Å². The Kier molecular flexibility index (Phi) is 9.81. The SMILES string of the molecule is Cc1ccc(C(=O)SCCOP(COCCn2cnc3c(=O)[nH]c(N)nc32)OCc2ccccc2)cc1. The summed E-state index contributed by atoms with van der Waals surface area (Å²) in [5.74, 6) is 0.535. The largest absolute Gasteiger partial charge is 0.370 e. The molecule has 0 aliphatic carbocycles. The summed E-state index contributed by atoms with van der Waals surface area (Å²) >= 11 is 1.22. The average molecular weight is 542 g/mol. The number of aromatic nitrogens is 4. The highest BCUT2D eigenvalue weighted by Gasteiger charge is 2.14. The van der Waals surface area contributed by atoms with Crippen molar-refractivity contribution in [1.82, 2.24) is 19.5 Å². The Morgan fingerprint density at radius 3 is 2.68 bits per heavy atom. The van der Waals surface area contributed by atoms with Gasteiger partial charge >= 0.3 is 0 Å². The summed E-state index contributed by atoms with van der Waals surface area (Å²) in [6.07, 6.45) is 1.78. The molecule has 0 bridgehead atoms. The second kappa shape index (κ2) is 13.5. The molecule has 0 saturated carbocycles. The lowest BCUT2D eigenvalue weighted by atomic mass is 10.2. The molecule has 0 spiro atoms. The predicted octanol–water partition coefficient (Wildman–Crippen LogP) is 4.10. The minimum atomic E-state index is -1.35. The molecular formula is C25H28N5O5PS. The molecular weight excluding hydrogens is 513 g/mol. The predicted molar refractivity (Wildman–Crippen MR) is 145 cm³/mol. The van der Waals surface area contributed by atoms with E-state index in [1.54, 1.807) is 4.57 Å². The number of imidazole rings is 1. The van der Waals surface area contributed by atoms with Gasteiger partial charge < -0.3 is 24.1 Å². The molecule has 12 heteroatoms. The third kappa shape index (κ3) is 7.95. The molecule has 4 aromatic rings. The number of thioether (sulfide) groups is 1. The number of nitrogens with two attached hydrogens (primary N) is 1. The maximum absolute atomic E-state index is 12.4. The number of H-pyrrole nitrogens is 1. The molecule has 0 amide bonds. The maximum atomic E-state index is 12.4. The van der Waals surface area contributed by atoms with E-state index in [2.05, 4.69) is 15.0 Å². The van der Waals surface area contributed by atoms with Crippen molar-refractivity contribution in [1.29, 1.82) is 0 Å². The van der Waals surface area contributed by atoms with E-state index < -0.39 is 8.38 Å². The Hall–Kier alpha value is -3.08. The van der Waals surface area contributed by atoms with Crippen molar-refractivity contribution in [2.45, 2.75) is 20.1 Å². The molecule has 0 saturated heterocycles. The van der Waals surface area contributed by atoms with Crippen LogP contribution in [0.15, 0.2) is 65.7 Å². The smallest absolute Gasteiger partial charge is 0.280 e. The number of carbonyl (C=O) groups is 1. The zero-order valence-electron chi connectivity index (χ0n) is 20.3. The first-order valence-corrected chi connectivity index (χ1v) is 13.9. The molecule has 0 aliphatic rings. The van der Waals surface area contributed by atoms with E-state index in [4.69, 9.17) is 19.5 Å². The molecule has 4 rings (SSSR count). The van der Waals surface area contributed by atoms with E-state index in [1.807, 2.05) is 61.5 Å². The van der Waals surface area contributed by atoms with Crippen molar-refractivity contribution < 1.29 is 18.6 Å². The summed E-state index contributed by atoms with van der Waals surface area (Å²) in [7, 11) is -1.35. The van der Waals surface area contributed by atoms with Gasteiger partial charge in [-0.15, -0.1) is 0 Å². The van der Waals surface area contributed by atoms with Crippen molar-refractivity contribution in [3.8, 4) is 0 Å². The van der Waals surface area contributed by atoms with Gasteiger partial charge in [0.1, 0.15) is 6.35 Å². The number of nitrogens with zero attached hydrogens (tertiary/aromatic N) is 3. The van der Waals surface area contributed by atoms with E-state index in [0.29, 0.717) is 43.3 Å². The highest BCUT2D eigenvalue weighted by atomic mass is 32.2. The van der Waals surface area contributed by atoms with Crippen molar-refractivity contribution >= 4 is 42.4 Å². The second-order valence-electron chi connectivity index (χ2n) is 8.03. The van der Waals surface area contributed by atoms with Crippen molar-refractivity contribution in [2.75, 3.05) is 31.0 Å². The average Bonchev–Trinajstić information content (AvgIpc) is 3.31. The summed E-state index contributed by atoms with van der Waals surface area (Å²) in [6, 6.07) is 17.3. The van der Waals surface area contributed by atoms with Gasteiger partial charge in [0, 0.05) is 17.9 Å². The first-order chi connectivity index (χ1) is 18.0. The molecule has 1 atom stereocenters. The van der Waals surface area contributed by atoms with Crippen LogP contribution in [-0.2, 0) is 26.9 Å². The highest BCUT2D eigenvalue weighted by Crippen LogP contribution is 2.39. The Bertz CT molecular complexity index is 1360. The van der Waals surface area contributed by atoms with Gasteiger partial charge in [-0.1, -0.05) is 71.9 Å². The first-order valence-electron chi connectivity index (χ1n) is 11.6. The van der Waals surface area contributed by atoms with Gasteiger partial charge in [-0.3, -0.25) is 14.6 Å². The molecule has 1 unspecified atom stereocenters. The third-order valence-electron chi connectivity index (χ3n) is 5.22. The van der Waals surface area contributed by atoms with Gasteiger partial charge in [0.25, 0.3) is 5.56 Å². The standard InChI is InChI=1S/C25H28N5O5PS/c1-18-7-9-20(10-8-18)24(32)37-14-13-34-36(35-15-19-5-3-2-4-6-19)17-33-12-11-30-16-27-21-22(30)28-25(26)29-23(21)31/h2-10,16H,11-15,17H2,1H3,(H3,26,28,29,31). The summed E-state index contributed by atoms with van der Waals surface area (Å²) in [5.41, 5.74) is 8.71. The molecule has 3 N–H and O–H groups in total. The lowest BCUT2D eigenvalue weighted by Crippen LogP contribution is -2.13. The van der Waals surface area contributed by atoms with Crippen molar-refractivity contribution in [3.05, 3.63) is 88.0 Å². The zero-order valence-corrected chi connectivity index (χ0v) is 22.0. The van der Waals surface area contributed by atoms with E-state index in [0.717, 1.165) is 11.1 Å². The van der Waals surface area contributed by atoms with E-state index in [-0.39, 0.29) is 28.5 Å². The Morgan fingerprint density at radius 1 is 1.11 bits per heavy atom. The van der Waals surface area contributed by atoms with Crippen LogP contribution in [0.1, 0.15) is 21.5 Å². The number of nitrogen functional groups attached to an aromatic ring is 1. The van der Waals surface area contributed by atoms with Gasteiger partial charge in [-0.25, -0.2) is 4.98 Å². The topological polar surface area (TPSA) is 134 Å². The van der Waals surface area contributed by atoms with Crippen LogP contribution >= 0.6 is 20.1 Å². The van der Waals surface area contributed by atoms with Crippen LogP contribution in [0.25, 0.3) is 11.2 Å². The number of ether oxygens (including phenoxy) is 1. The van der Waals surface area contributed by atoms with Gasteiger partial charge in [-0.2, -0.15) is 4.98 Å². The monoisotopic (exact) mass is 541 g/mol. The van der Waals surface area contributed by atoms with Gasteiger partial charge in [0.05, 0.1) is 26.1 Å². The van der Waals surface area contributed by atoms with Gasteiger partial charge in [-0.05, 0) is 12.5 Å². The molecule has 0 radical (unpaired) electrons. The number of carbonyl (C=O) groups excluding carboxylic acids is 1. The summed E-state index contributed by atoms with van der Waals surface area (Å²) < 4.78 is 19.5. The quantitative estimate of drug-likeness (QED) is 0.189. The van der Waals surface area contributed by atoms with Crippen LogP contribution in [0.3, 0.4) is 0 Å². The normalized spacial score (nSPS) is 12.1. The van der Waals surface area contributed by atoms with Crippen LogP contribution in [0, 0.1) is 6.92 Å². The second-order valence-corrected chi connectivity index (χ2v) is 10.5. The number of hydrogen-bond acceptors (Lipinski definition) is 9. The summed E-state index contributed by atoms with van der Waals surface area (Å²) in [4.78, 5) is 35.0. The number of aromatic amines is 1. The fourth-order valence-corrected chi connectivity index (χ4v) is 5.18. The number of anilines is 1. The molecule has 2 heterocycles. The van der Waals surface area contributed by atoms with Crippen LogP contribution in [-0.4, -0.2) is 49.9 Å². The number of hydrogen-bond donors (Lipinski definition) is 2. The molecule has 2 aromatic heterocycles. The zero-order chi connectivity index (χ0) is 26.0. The summed E-state index contributed by atoms with van der Waals surface area (Å²) in [5, 5.41) is 0.00928. The Balaban J connectivity index is 1.26. The first kappa shape index (κ1) is 27.0. The summed E-state index contributed by atoms with van der Waals surface area (Å²) in [6.45, 7) is 3.49. The fourth-order valence-electron chi connectivity index (χ4n) is 3.32. The van der Waals surface area contributed by atoms with E-state index >= 15 is 0 Å². The van der Waals surface area contributed by atoms with Crippen LogP contribution in [0.5, 0.6) is 0 Å². The van der Waals surface area contributed by atoms with Crippen LogP contribution in [0.2, 0.25) is 0 Å². The Morgan fingerprint density at radius 2 is 1.89 bits per heavy atom. The highest BCUT2D eigenvalue weighted by molar-refractivity contribution is 8.14. The number of aryl methyl sites for hydroxylation is 1. The Labute approximate surface area is 219 Å². The van der Waals surface area contributed by atoms with E-state index in [1.165, 1.54) is 18.1 Å².